The largest absolute Gasteiger partial charge is 0.326 e. The molecule has 1 amide bonds. The Hall–Kier alpha value is -3.26. The molecule has 0 saturated carbocycles. The van der Waals surface area contributed by atoms with Crippen LogP contribution in [-0.2, 0) is 21.2 Å². The van der Waals surface area contributed by atoms with E-state index in [-0.39, 0.29) is 16.6 Å². The first-order valence-electron chi connectivity index (χ1n) is 9.52. The SMILES string of the molecule is Cc1ccc(CCC(=O)Nc2ccc(S(=O)(=O)Nc3cc(C)nc(C)n3)cc2)cc1. The minimum Gasteiger partial charge on any atom is -0.326 e. The maximum atomic E-state index is 12.6. The number of carbonyl (C=O) groups excluding carboxylic acids is 1. The highest BCUT2D eigenvalue weighted by atomic mass is 32.2. The number of nitrogens with one attached hydrogen (secondary N) is 2. The fourth-order valence-electron chi connectivity index (χ4n) is 2.92. The van der Waals surface area contributed by atoms with Crippen LogP contribution >= 0.6 is 0 Å². The third-order valence-corrected chi connectivity index (χ3v) is 5.79. The van der Waals surface area contributed by atoms with E-state index >= 15 is 0 Å². The summed E-state index contributed by atoms with van der Waals surface area (Å²) in [5, 5.41) is 2.79. The zero-order valence-electron chi connectivity index (χ0n) is 17.1. The number of aromatic nitrogens is 2. The number of hydrogen-bond acceptors (Lipinski definition) is 5. The summed E-state index contributed by atoms with van der Waals surface area (Å²) in [6.45, 7) is 5.48. The van der Waals surface area contributed by atoms with Crippen LogP contribution in [0.15, 0.2) is 59.5 Å². The number of rotatable bonds is 7. The molecular formula is C22H24N4O3S. The van der Waals surface area contributed by atoms with Crippen molar-refractivity contribution in [3.8, 4) is 0 Å². The Morgan fingerprint density at radius 2 is 1.60 bits per heavy atom. The van der Waals surface area contributed by atoms with E-state index in [0.29, 0.717) is 30.0 Å². The van der Waals surface area contributed by atoms with Gasteiger partial charge in [0.05, 0.1) is 4.90 Å². The van der Waals surface area contributed by atoms with Crippen molar-refractivity contribution in [2.45, 2.75) is 38.5 Å². The van der Waals surface area contributed by atoms with Crippen LogP contribution < -0.4 is 10.0 Å². The predicted molar refractivity (Wildman–Crippen MR) is 117 cm³/mol. The van der Waals surface area contributed by atoms with Crippen LogP contribution in [0.2, 0.25) is 0 Å². The lowest BCUT2D eigenvalue weighted by Gasteiger charge is -2.10. The number of nitrogens with zero attached hydrogens (tertiary/aromatic N) is 2. The summed E-state index contributed by atoms with van der Waals surface area (Å²) >= 11 is 0. The molecule has 0 aliphatic rings. The van der Waals surface area contributed by atoms with E-state index in [1.807, 2.05) is 31.2 Å². The van der Waals surface area contributed by atoms with Crippen molar-refractivity contribution in [2.75, 3.05) is 10.0 Å². The van der Waals surface area contributed by atoms with Gasteiger partial charge in [0.1, 0.15) is 11.6 Å². The van der Waals surface area contributed by atoms with Gasteiger partial charge in [-0.3, -0.25) is 9.52 Å². The van der Waals surface area contributed by atoms with Crippen molar-refractivity contribution < 1.29 is 13.2 Å². The van der Waals surface area contributed by atoms with Crippen LogP contribution in [0.25, 0.3) is 0 Å². The van der Waals surface area contributed by atoms with Crippen LogP contribution in [0.1, 0.15) is 29.1 Å². The highest BCUT2D eigenvalue weighted by Gasteiger charge is 2.15. The summed E-state index contributed by atoms with van der Waals surface area (Å²) in [4.78, 5) is 20.5. The van der Waals surface area contributed by atoms with E-state index in [2.05, 4.69) is 20.0 Å². The molecular weight excluding hydrogens is 400 g/mol. The van der Waals surface area contributed by atoms with Crippen LogP contribution in [-0.4, -0.2) is 24.3 Å². The lowest BCUT2D eigenvalue weighted by molar-refractivity contribution is -0.116. The lowest BCUT2D eigenvalue weighted by Crippen LogP contribution is -2.15. The van der Waals surface area contributed by atoms with Crippen LogP contribution in [0.4, 0.5) is 11.5 Å². The molecule has 0 bridgehead atoms. The van der Waals surface area contributed by atoms with E-state index in [1.54, 1.807) is 32.0 Å². The Kier molecular flexibility index (Phi) is 6.47. The number of aryl methyl sites for hydroxylation is 4. The van der Waals surface area contributed by atoms with Gasteiger partial charge in [-0.05, 0) is 57.0 Å². The minimum atomic E-state index is -3.79. The fourth-order valence-corrected chi connectivity index (χ4v) is 3.91. The molecule has 0 saturated heterocycles. The van der Waals surface area contributed by atoms with E-state index < -0.39 is 10.0 Å². The van der Waals surface area contributed by atoms with Gasteiger partial charge in [-0.2, -0.15) is 0 Å². The number of benzene rings is 2. The summed E-state index contributed by atoms with van der Waals surface area (Å²) in [6.07, 6.45) is 0.983. The average Bonchev–Trinajstić information content (AvgIpc) is 2.67. The van der Waals surface area contributed by atoms with Gasteiger partial charge >= 0.3 is 0 Å². The summed E-state index contributed by atoms with van der Waals surface area (Å²) < 4.78 is 27.6. The van der Waals surface area contributed by atoms with Gasteiger partial charge in [0.15, 0.2) is 0 Å². The number of anilines is 2. The molecule has 30 heavy (non-hydrogen) atoms. The van der Waals surface area contributed by atoms with Crippen molar-refractivity contribution in [1.82, 2.24) is 9.97 Å². The molecule has 8 heteroatoms. The van der Waals surface area contributed by atoms with Gasteiger partial charge in [-0.15, -0.1) is 0 Å². The first kappa shape index (κ1) is 21.4. The van der Waals surface area contributed by atoms with E-state index in [0.717, 1.165) is 5.56 Å². The first-order chi connectivity index (χ1) is 14.2. The summed E-state index contributed by atoms with van der Waals surface area (Å²) in [7, 11) is -3.79. The zero-order chi connectivity index (χ0) is 21.7. The second-order valence-electron chi connectivity index (χ2n) is 7.11. The lowest BCUT2D eigenvalue weighted by atomic mass is 10.1. The van der Waals surface area contributed by atoms with E-state index in [1.165, 1.54) is 17.7 Å². The van der Waals surface area contributed by atoms with E-state index in [4.69, 9.17) is 0 Å². The Morgan fingerprint density at radius 3 is 2.23 bits per heavy atom. The van der Waals surface area contributed by atoms with E-state index in [9.17, 15) is 13.2 Å². The second-order valence-corrected chi connectivity index (χ2v) is 8.79. The number of amides is 1. The van der Waals surface area contributed by atoms with Gasteiger partial charge in [0, 0.05) is 23.9 Å². The Labute approximate surface area is 176 Å². The molecule has 156 valence electrons. The Morgan fingerprint density at radius 1 is 0.933 bits per heavy atom. The number of hydrogen-bond donors (Lipinski definition) is 2. The number of sulfonamides is 1. The van der Waals surface area contributed by atoms with Crippen molar-refractivity contribution >= 4 is 27.4 Å². The standard InChI is InChI=1S/C22H24N4O3S/c1-15-4-6-18(7-5-15)8-13-22(27)25-19-9-11-20(12-10-19)30(28,29)26-21-14-16(2)23-17(3)24-21/h4-7,9-12,14H,8,13H2,1-3H3,(H,25,27)(H,23,24,26). The molecule has 3 rings (SSSR count). The Bertz CT molecular complexity index is 1120. The molecule has 2 aromatic carbocycles. The molecule has 0 aliphatic carbocycles. The summed E-state index contributed by atoms with van der Waals surface area (Å²) in [5.74, 6) is 0.570. The predicted octanol–water partition coefficient (Wildman–Crippen LogP) is 3.77. The van der Waals surface area contributed by atoms with Crippen molar-refractivity contribution in [1.29, 1.82) is 0 Å². The quantitative estimate of drug-likeness (QED) is 0.601. The molecule has 1 aromatic heterocycles. The highest BCUT2D eigenvalue weighted by Crippen LogP contribution is 2.18. The molecule has 0 atom stereocenters. The maximum absolute atomic E-state index is 12.6. The third-order valence-electron chi connectivity index (χ3n) is 4.41. The van der Waals surface area contributed by atoms with Gasteiger partial charge in [0.2, 0.25) is 5.91 Å². The van der Waals surface area contributed by atoms with Gasteiger partial charge in [-0.25, -0.2) is 18.4 Å². The van der Waals surface area contributed by atoms with Gasteiger partial charge < -0.3 is 5.32 Å². The Balaban J connectivity index is 1.60. The molecule has 2 N–H and O–H groups in total. The highest BCUT2D eigenvalue weighted by molar-refractivity contribution is 7.92. The van der Waals surface area contributed by atoms with Crippen LogP contribution in [0.3, 0.4) is 0 Å². The normalized spacial score (nSPS) is 11.2. The van der Waals surface area contributed by atoms with Crippen LogP contribution in [0, 0.1) is 20.8 Å². The molecule has 0 fully saturated rings. The maximum Gasteiger partial charge on any atom is 0.263 e. The van der Waals surface area contributed by atoms with Crippen molar-refractivity contribution in [2.24, 2.45) is 0 Å². The molecule has 0 unspecified atom stereocenters. The van der Waals surface area contributed by atoms with Crippen LogP contribution in [0.5, 0.6) is 0 Å². The first-order valence-corrected chi connectivity index (χ1v) is 11.0. The minimum absolute atomic E-state index is 0.0778. The fraction of sp³-hybridized carbons (Fsp3) is 0.227. The summed E-state index contributed by atoms with van der Waals surface area (Å²) in [6, 6.07) is 15.6. The topological polar surface area (TPSA) is 101 Å². The average molecular weight is 425 g/mol. The molecule has 0 radical (unpaired) electrons. The second kappa shape index (κ2) is 9.04. The molecule has 7 nitrogen and oxygen atoms in total. The molecule has 1 heterocycles. The van der Waals surface area contributed by atoms with Gasteiger partial charge in [-0.1, -0.05) is 29.8 Å². The molecule has 0 aliphatic heterocycles. The van der Waals surface area contributed by atoms with Gasteiger partial charge in [0.25, 0.3) is 10.0 Å². The van der Waals surface area contributed by atoms with Crippen molar-refractivity contribution in [3.05, 3.63) is 77.2 Å². The summed E-state index contributed by atoms with van der Waals surface area (Å²) in [5.41, 5.74) is 3.48. The zero-order valence-corrected chi connectivity index (χ0v) is 18.0. The molecule has 3 aromatic rings. The third kappa shape index (κ3) is 5.87. The molecule has 0 spiro atoms. The monoisotopic (exact) mass is 424 g/mol. The smallest absolute Gasteiger partial charge is 0.263 e. The number of carbonyl (C=O) groups is 1. The van der Waals surface area contributed by atoms with Crippen molar-refractivity contribution in [3.63, 3.8) is 0 Å².